The zero-order valence-corrected chi connectivity index (χ0v) is 18.6. The summed E-state index contributed by atoms with van der Waals surface area (Å²) >= 11 is 0. The first kappa shape index (κ1) is 23.2. The Hall–Kier alpha value is -3.46. The summed E-state index contributed by atoms with van der Waals surface area (Å²) in [6.45, 7) is 5.23. The topological polar surface area (TPSA) is 96.1 Å². The SMILES string of the molecule is CN(C)CC(C)(C)Cn1ccn2cc(C(=O)NCc3ccc(F)cc3)c(=O)c(O)c2c1=O. The summed E-state index contributed by atoms with van der Waals surface area (Å²) < 4.78 is 15.7. The molecule has 0 aliphatic heterocycles. The van der Waals surface area contributed by atoms with Gasteiger partial charge in [-0.05, 0) is 37.2 Å². The number of pyridine rings is 1. The van der Waals surface area contributed by atoms with Gasteiger partial charge in [0.2, 0.25) is 5.43 Å². The van der Waals surface area contributed by atoms with Crippen LogP contribution >= 0.6 is 0 Å². The second-order valence-corrected chi connectivity index (χ2v) is 8.92. The Bertz CT molecular complexity index is 1260. The van der Waals surface area contributed by atoms with Crippen molar-refractivity contribution in [3.05, 3.63) is 80.4 Å². The maximum absolute atomic E-state index is 13.0. The molecule has 0 atom stereocenters. The molecule has 170 valence electrons. The fraction of sp³-hybridized carbons (Fsp3) is 0.348. The number of aromatic nitrogens is 2. The molecule has 2 N–H and O–H groups in total. The highest BCUT2D eigenvalue weighted by atomic mass is 19.1. The van der Waals surface area contributed by atoms with Crippen molar-refractivity contribution in [3.63, 3.8) is 0 Å². The van der Waals surface area contributed by atoms with E-state index in [1.165, 1.54) is 45.6 Å². The van der Waals surface area contributed by atoms with Gasteiger partial charge in [0.15, 0.2) is 11.3 Å². The van der Waals surface area contributed by atoms with Gasteiger partial charge in [0, 0.05) is 38.2 Å². The molecule has 0 saturated heterocycles. The maximum Gasteiger partial charge on any atom is 0.278 e. The number of hydrogen-bond donors (Lipinski definition) is 2. The molecule has 2 aromatic heterocycles. The lowest BCUT2D eigenvalue weighted by Crippen LogP contribution is -2.36. The zero-order chi connectivity index (χ0) is 23.6. The van der Waals surface area contributed by atoms with Crippen LogP contribution in [0.25, 0.3) is 5.52 Å². The Labute approximate surface area is 184 Å². The maximum atomic E-state index is 13.0. The number of carbonyl (C=O) groups excluding carboxylic acids is 1. The average molecular weight is 442 g/mol. The molecular weight excluding hydrogens is 415 g/mol. The monoisotopic (exact) mass is 442 g/mol. The van der Waals surface area contributed by atoms with Crippen molar-refractivity contribution in [2.45, 2.75) is 26.9 Å². The zero-order valence-electron chi connectivity index (χ0n) is 18.6. The molecule has 1 aromatic carbocycles. The van der Waals surface area contributed by atoms with Gasteiger partial charge < -0.3 is 24.3 Å². The minimum Gasteiger partial charge on any atom is -0.503 e. The van der Waals surface area contributed by atoms with Crippen LogP contribution in [-0.4, -0.2) is 45.5 Å². The van der Waals surface area contributed by atoms with Gasteiger partial charge in [0.25, 0.3) is 11.5 Å². The number of benzene rings is 1. The number of rotatable bonds is 7. The fourth-order valence-corrected chi connectivity index (χ4v) is 3.84. The number of nitrogens with zero attached hydrogens (tertiary/aromatic N) is 3. The number of carbonyl (C=O) groups is 1. The molecule has 3 aromatic rings. The summed E-state index contributed by atoms with van der Waals surface area (Å²) in [5.74, 6) is -1.88. The highest BCUT2D eigenvalue weighted by Gasteiger charge is 2.23. The summed E-state index contributed by atoms with van der Waals surface area (Å²) in [6, 6.07) is 5.56. The lowest BCUT2D eigenvalue weighted by molar-refractivity contribution is 0.0949. The van der Waals surface area contributed by atoms with Gasteiger partial charge in [-0.15, -0.1) is 0 Å². The van der Waals surface area contributed by atoms with Crippen LogP contribution in [0.5, 0.6) is 5.75 Å². The molecule has 0 aliphatic rings. The largest absolute Gasteiger partial charge is 0.503 e. The molecule has 9 heteroatoms. The molecule has 0 radical (unpaired) electrons. The van der Waals surface area contributed by atoms with Crippen LogP contribution in [0.3, 0.4) is 0 Å². The fourth-order valence-electron chi connectivity index (χ4n) is 3.84. The van der Waals surface area contributed by atoms with Crippen molar-refractivity contribution in [2.24, 2.45) is 5.41 Å². The van der Waals surface area contributed by atoms with Crippen LogP contribution in [0.1, 0.15) is 29.8 Å². The van der Waals surface area contributed by atoms with Crippen LogP contribution in [0.2, 0.25) is 0 Å². The summed E-state index contributed by atoms with van der Waals surface area (Å²) in [6.07, 6.45) is 4.32. The summed E-state index contributed by atoms with van der Waals surface area (Å²) in [5.41, 5.74) is -1.52. The Morgan fingerprint density at radius 2 is 1.81 bits per heavy atom. The number of fused-ring (bicyclic) bond motifs is 1. The van der Waals surface area contributed by atoms with E-state index in [1.54, 1.807) is 6.20 Å². The quantitative estimate of drug-likeness (QED) is 0.582. The van der Waals surface area contributed by atoms with E-state index >= 15 is 0 Å². The molecular formula is C23H27FN4O4. The Balaban J connectivity index is 1.92. The molecule has 0 aliphatic carbocycles. The smallest absolute Gasteiger partial charge is 0.278 e. The van der Waals surface area contributed by atoms with Crippen molar-refractivity contribution >= 4 is 11.4 Å². The van der Waals surface area contributed by atoms with Crippen molar-refractivity contribution in [2.75, 3.05) is 20.6 Å². The van der Waals surface area contributed by atoms with Crippen LogP contribution < -0.4 is 16.3 Å². The third-order valence-electron chi connectivity index (χ3n) is 5.03. The second kappa shape index (κ2) is 8.96. The Morgan fingerprint density at radius 1 is 1.16 bits per heavy atom. The van der Waals surface area contributed by atoms with Gasteiger partial charge in [0.05, 0.1) is 0 Å². The predicted molar refractivity (Wildman–Crippen MR) is 119 cm³/mol. The van der Waals surface area contributed by atoms with E-state index in [9.17, 15) is 23.9 Å². The first-order chi connectivity index (χ1) is 15.0. The van der Waals surface area contributed by atoms with Crippen molar-refractivity contribution in [1.82, 2.24) is 19.2 Å². The lowest BCUT2D eigenvalue weighted by Gasteiger charge is -2.29. The minimum absolute atomic E-state index is 0.0740. The second-order valence-electron chi connectivity index (χ2n) is 8.92. The van der Waals surface area contributed by atoms with Gasteiger partial charge in [-0.25, -0.2) is 4.39 Å². The first-order valence-electron chi connectivity index (χ1n) is 10.1. The molecule has 1 amide bonds. The van der Waals surface area contributed by atoms with Crippen molar-refractivity contribution in [1.29, 1.82) is 0 Å². The summed E-state index contributed by atoms with van der Waals surface area (Å²) in [4.78, 5) is 40.2. The number of nitrogens with one attached hydrogen (secondary N) is 1. The molecule has 32 heavy (non-hydrogen) atoms. The van der Waals surface area contributed by atoms with E-state index in [0.717, 1.165) is 6.54 Å². The van der Waals surface area contributed by atoms with Crippen LogP contribution in [0.15, 0.2) is 52.4 Å². The van der Waals surface area contributed by atoms with Gasteiger partial charge >= 0.3 is 0 Å². The normalized spacial score (nSPS) is 11.8. The molecule has 0 bridgehead atoms. The van der Waals surface area contributed by atoms with Crippen molar-refractivity contribution < 1.29 is 14.3 Å². The standard InChI is InChI=1S/C23H27FN4O4/c1-23(2,13-26(3)4)14-28-10-9-27-12-17(19(29)20(30)18(27)22(28)32)21(31)25-11-15-5-7-16(24)8-6-15/h5-10,12,30H,11,13-14H2,1-4H3,(H,25,31). The lowest BCUT2D eigenvalue weighted by atomic mass is 9.93. The molecule has 0 fully saturated rings. The van der Waals surface area contributed by atoms with E-state index in [-0.39, 0.29) is 23.0 Å². The summed E-state index contributed by atoms with van der Waals surface area (Å²) in [7, 11) is 3.89. The van der Waals surface area contributed by atoms with E-state index in [0.29, 0.717) is 12.1 Å². The third-order valence-corrected chi connectivity index (χ3v) is 5.03. The Morgan fingerprint density at radius 3 is 2.44 bits per heavy atom. The van der Waals surface area contributed by atoms with Gasteiger partial charge in [0.1, 0.15) is 11.4 Å². The van der Waals surface area contributed by atoms with E-state index < -0.39 is 28.5 Å². The van der Waals surface area contributed by atoms with Crippen LogP contribution in [0.4, 0.5) is 4.39 Å². The predicted octanol–water partition coefficient (Wildman–Crippen LogP) is 1.82. The minimum atomic E-state index is -0.927. The van der Waals surface area contributed by atoms with Gasteiger partial charge in [-0.2, -0.15) is 0 Å². The summed E-state index contributed by atoms with van der Waals surface area (Å²) in [5, 5.41) is 13.0. The molecule has 0 spiro atoms. The van der Waals surface area contributed by atoms with Crippen LogP contribution in [0, 0.1) is 11.2 Å². The molecule has 0 saturated carbocycles. The highest BCUT2D eigenvalue weighted by molar-refractivity contribution is 5.94. The van der Waals surface area contributed by atoms with Gasteiger partial charge in [-0.1, -0.05) is 26.0 Å². The molecule has 2 heterocycles. The molecule has 3 rings (SSSR count). The Kier molecular flexibility index (Phi) is 6.50. The van der Waals surface area contributed by atoms with Crippen LogP contribution in [-0.2, 0) is 13.1 Å². The van der Waals surface area contributed by atoms with E-state index in [1.807, 2.05) is 32.8 Å². The third kappa shape index (κ3) is 5.05. The number of hydrogen-bond acceptors (Lipinski definition) is 5. The van der Waals surface area contributed by atoms with Crippen molar-refractivity contribution in [3.8, 4) is 5.75 Å². The van der Waals surface area contributed by atoms with E-state index in [4.69, 9.17) is 0 Å². The number of aromatic hydroxyl groups is 1. The number of halogens is 1. The average Bonchev–Trinajstić information content (AvgIpc) is 2.70. The molecule has 0 unspecified atom stereocenters. The van der Waals surface area contributed by atoms with Gasteiger partial charge in [-0.3, -0.25) is 14.4 Å². The molecule has 8 nitrogen and oxygen atoms in total. The highest BCUT2D eigenvalue weighted by Crippen LogP contribution is 2.19. The number of amides is 1. The van der Waals surface area contributed by atoms with E-state index in [2.05, 4.69) is 5.32 Å². The first-order valence-corrected chi connectivity index (χ1v) is 10.1.